The molecule has 1 aliphatic carbocycles. The van der Waals surface area contributed by atoms with Crippen LogP contribution in [0.5, 0.6) is 0 Å². The number of aromatic nitrogens is 3. The first-order valence-corrected chi connectivity index (χ1v) is 9.09. The van der Waals surface area contributed by atoms with Crippen molar-refractivity contribution in [2.75, 3.05) is 6.54 Å². The molecule has 2 aromatic rings. The van der Waals surface area contributed by atoms with Crippen molar-refractivity contribution in [2.45, 2.75) is 38.9 Å². The number of rotatable bonds is 5. The molecule has 0 radical (unpaired) electrons. The molecule has 4 rings (SSSR count). The molecule has 0 unspecified atom stereocenters. The first-order chi connectivity index (χ1) is 12.6. The number of pyridine rings is 1. The highest BCUT2D eigenvalue weighted by Gasteiger charge is 2.43. The summed E-state index contributed by atoms with van der Waals surface area (Å²) in [6.07, 6.45) is 4.72. The molecule has 1 fully saturated rings. The molecule has 1 aliphatic heterocycles. The van der Waals surface area contributed by atoms with Crippen molar-refractivity contribution in [3.05, 3.63) is 48.0 Å². The molecule has 0 spiro atoms. The molecule has 26 heavy (non-hydrogen) atoms. The van der Waals surface area contributed by atoms with E-state index >= 15 is 0 Å². The maximum atomic E-state index is 12.6. The van der Waals surface area contributed by atoms with Crippen LogP contribution in [-0.4, -0.2) is 38.0 Å². The second-order valence-corrected chi connectivity index (χ2v) is 7.26. The third-order valence-corrected chi connectivity index (χ3v) is 5.23. The van der Waals surface area contributed by atoms with Crippen LogP contribution in [0.2, 0.25) is 0 Å². The summed E-state index contributed by atoms with van der Waals surface area (Å²) < 4.78 is 1.89. The molecule has 2 aliphatic rings. The summed E-state index contributed by atoms with van der Waals surface area (Å²) >= 11 is 0. The highest BCUT2D eigenvalue weighted by Crippen LogP contribution is 2.40. The molecule has 2 amide bonds. The first kappa shape index (κ1) is 16.8. The van der Waals surface area contributed by atoms with Crippen LogP contribution in [0.3, 0.4) is 0 Å². The smallest absolute Gasteiger partial charge is 0.226 e. The van der Waals surface area contributed by atoms with Crippen molar-refractivity contribution in [3.63, 3.8) is 0 Å². The molecule has 7 nitrogen and oxygen atoms in total. The summed E-state index contributed by atoms with van der Waals surface area (Å²) in [6.45, 7) is 3.63. The van der Waals surface area contributed by atoms with E-state index < -0.39 is 0 Å². The van der Waals surface area contributed by atoms with Crippen LogP contribution in [0.1, 0.15) is 37.2 Å². The van der Waals surface area contributed by atoms with E-state index in [1.807, 2.05) is 33.8 Å². The Labute approximate surface area is 152 Å². The summed E-state index contributed by atoms with van der Waals surface area (Å²) in [6, 6.07) is 7.42. The van der Waals surface area contributed by atoms with Gasteiger partial charge in [0.25, 0.3) is 0 Å². The Bertz CT molecular complexity index is 803. The fourth-order valence-electron chi connectivity index (χ4n) is 3.59. The van der Waals surface area contributed by atoms with E-state index in [9.17, 15) is 9.59 Å². The predicted molar refractivity (Wildman–Crippen MR) is 94.7 cm³/mol. The van der Waals surface area contributed by atoms with Gasteiger partial charge in [-0.1, -0.05) is 13.0 Å². The summed E-state index contributed by atoms with van der Waals surface area (Å²) in [5, 5.41) is 7.27. The quantitative estimate of drug-likeness (QED) is 0.884. The lowest BCUT2D eigenvalue weighted by molar-refractivity contribution is -0.136. The normalized spacial score (nSPS) is 24.0. The second kappa shape index (κ2) is 6.90. The minimum Gasteiger partial charge on any atom is -0.350 e. The van der Waals surface area contributed by atoms with Gasteiger partial charge >= 0.3 is 0 Å². The van der Waals surface area contributed by atoms with Gasteiger partial charge in [-0.25, -0.2) is 0 Å². The second-order valence-electron chi connectivity index (χ2n) is 7.26. The van der Waals surface area contributed by atoms with Crippen molar-refractivity contribution in [1.82, 2.24) is 25.0 Å². The molecule has 0 bridgehead atoms. The summed E-state index contributed by atoms with van der Waals surface area (Å²) in [4.78, 5) is 31.1. The van der Waals surface area contributed by atoms with Crippen LogP contribution in [0.15, 0.2) is 36.7 Å². The number of carbonyl (C=O) groups is 2. The lowest BCUT2D eigenvalue weighted by Crippen LogP contribution is -2.43. The number of amides is 2. The molecule has 1 N–H and O–H groups in total. The Balaban J connectivity index is 1.40. The van der Waals surface area contributed by atoms with Crippen LogP contribution in [0, 0.1) is 11.8 Å². The molecule has 3 heterocycles. The minimum absolute atomic E-state index is 0.0591. The third kappa shape index (κ3) is 3.47. The van der Waals surface area contributed by atoms with Crippen molar-refractivity contribution in [2.24, 2.45) is 11.8 Å². The Kier molecular flexibility index (Phi) is 4.44. The molecular formula is C19H23N5O2. The van der Waals surface area contributed by atoms with Gasteiger partial charge in [-0.3, -0.25) is 19.3 Å². The van der Waals surface area contributed by atoms with Crippen LogP contribution in [0.4, 0.5) is 0 Å². The summed E-state index contributed by atoms with van der Waals surface area (Å²) in [5.74, 6) is 0.789. The van der Waals surface area contributed by atoms with Gasteiger partial charge in [-0.2, -0.15) is 5.10 Å². The molecule has 1 saturated carbocycles. The van der Waals surface area contributed by atoms with E-state index in [1.54, 1.807) is 12.4 Å². The lowest BCUT2D eigenvalue weighted by Gasteiger charge is -2.34. The number of nitrogens with one attached hydrogen (secondary N) is 1. The van der Waals surface area contributed by atoms with Gasteiger partial charge in [0.15, 0.2) is 0 Å². The average Bonchev–Trinajstić information content (AvgIpc) is 3.18. The van der Waals surface area contributed by atoms with Crippen LogP contribution in [-0.2, 0) is 22.7 Å². The van der Waals surface area contributed by atoms with Crippen molar-refractivity contribution < 1.29 is 9.59 Å². The van der Waals surface area contributed by atoms with Gasteiger partial charge in [0.05, 0.1) is 36.9 Å². The van der Waals surface area contributed by atoms with Crippen LogP contribution < -0.4 is 5.32 Å². The van der Waals surface area contributed by atoms with E-state index in [0.29, 0.717) is 32.0 Å². The average molecular weight is 353 g/mol. The van der Waals surface area contributed by atoms with Gasteiger partial charge in [0.1, 0.15) is 0 Å². The zero-order valence-corrected chi connectivity index (χ0v) is 14.8. The Hall–Kier alpha value is -2.70. The molecule has 136 valence electrons. The minimum atomic E-state index is -0.129. The van der Waals surface area contributed by atoms with Gasteiger partial charge in [0, 0.05) is 24.9 Å². The van der Waals surface area contributed by atoms with Crippen molar-refractivity contribution >= 4 is 11.8 Å². The Morgan fingerprint density at radius 1 is 1.27 bits per heavy atom. The largest absolute Gasteiger partial charge is 0.350 e. The Morgan fingerprint density at radius 3 is 2.85 bits per heavy atom. The zero-order valence-electron chi connectivity index (χ0n) is 14.8. The van der Waals surface area contributed by atoms with E-state index in [1.165, 1.54) is 0 Å². The number of hydrogen-bond donors (Lipinski definition) is 1. The molecule has 0 aromatic carbocycles. The van der Waals surface area contributed by atoms with Gasteiger partial charge in [-0.15, -0.1) is 0 Å². The molecule has 0 saturated heterocycles. The predicted octanol–water partition coefficient (Wildman–Crippen LogP) is 1.52. The highest BCUT2D eigenvalue weighted by molar-refractivity contribution is 5.82. The molecule has 3 atom stereocenters. The molecular weight excluding hydrogens is 330 g/mol. The summed E-state index contributed by atoms with van der Waals surface area (Å²) in [7, 11) is 0. The topological polar surface area (TPSA) is 80.1 Å². The molecule has 2 aromatic heterocycles. The standard InChI is InChI=1S/C19H23N5O2/c1-13-8-17(13)19(26)23-11-15-5-7-22-24(15)16(12-23)9-18(25)21-10-14-4-2-3-6-20-14/h2-7,13,16-17H,8-12H2,1H3,(H,21,25)/t13-,16+,17-/m1/s1. The zero-order chi connectivity index (χ0) is 18.1. The fourth-order valence-corrected chi connectivity index (χ4v) is 3.59. The maximum absolute atomic E-state index is 12.6. The van der Waals surface area contributed by atoms with Gasteiger partial charge < -0.3 is 10.2 Å². The first-order valence-electron chi connectivity index (χ1n) is 9.09. The van der Waals surface area contributed by atoms with E-state index in [4.69, 9.17) is 0 Å². The third-order valence-electron chi connectivity index (χ3n) is 5.23. The van der Waals surface area contributed by atoms with E-state index in [0.717, 1.165) is 17.8 Å². The molecule has 7 heteroatoms. The van der Waals surface area contributed by atoms with E-state index in [2.05, 4.69) is 22.3 Å². The van der Waals surface area contributed by atoms with Crippen LogP contribution in [0.25, 0.3) is 0 Å². The summed E-state index contributed by atoms with van der Waals surface area (Å²) in [5.41, 5.74) is 1.81. The van der Waals surface area contributed by atoms with E-state index in [-0.39, 0.29) is 23.8 Å². The SMILES string of the molecule is C[C@@H]1C[C@H]1C(=O)N1Cc2ccnn2[C@@H](CC(=O)NCc2ccccn2)C1. The van der Waals surface area contributed by atoms with Crippen molar-refractivity contribution in [1.29, 1.82) is 0 Å². The number of nitrogens with zero attached hydrogens (tertiary/aromatic N) is 4. The van der Waals surface area contributed by atoms with Crippen molar-refractivity contribution in [3.8, 4) is 0 Å². The fraction of sp³-hybridized carbons (Fsp3) is 0.474. The number of carbonyl (C=O) groups excluding carboxylic acids is 2. The van der Waals surface area contributed by atoms with Gasteiger partial charge in [-0.05, 0) is 30.5 Å². The van der Waals surface area contributed by atoms with Crippen LogP contribution >= 0.6 is 0 Å². The maximum Gasteiger partial charge on any atom is 0.226 e. The number of fused-ring (bicyclic) bond motifs is 1. The lowest BCUT2D eigenvalue weighted by atomic mass is 10.1. The Morgan fingerprint density at radius 2 is 2.12 bits per heavy atom. The highest BCUT2D eigenvalue weighted by atomic mass is 16.2. The number of hydrogen-bond acceptors (Lipinski definition) is 4. The van der Waals surface area contributed by atoms with Gasteiger partial charge in [0.2, 0.25) is 11.8 Å². The monoisotopic (exact) mass is 353 g/mol.